The highest BCUT2D eigenvalue weighted by molar-refractivity contribution is 6.31. The van der Waals surface area contributed by atoms with Gasteiger partial charge in [-0.15, -0.1) is 0 Å². The van der Waals surface area contributed by atoms with E-state index in [1.54, 1.807) is 30.7 Å². The van der Waals surface area contributed by atoms with Crippen molar-refractivity contribution in [3.63, 3.8) is 0 Å². The number of carbonyl (C=O) groups is 1. The molecule has 2 aromatic rings. The van der Waals surface area contributed by atoms with Gasteiger partial charge in [-0.1, -0.05) is 11.6 Å². The quantitative estimate of drug-likeness (QED) is 0.785. The van der Waals surface area contributed by atoms with Crippen LogP contribution in [0.4, 0.5) is 0 Å². The van der Waals surface area contributed by atoms with E-state index in [2.05, 4.69) is 18.8 Å². The van der Waals surface area contributed by atoms with E-state index < -0.39 is 0 Å². The molecular formula is C15H17ClN2O2. The summed E-state index contributed by atoms with van der Waals surface area (Å²) in [7, 11) is 0. The molecule has 1 aromatic carbocycles. The first kappa shape index (κ1) is 14.6. The molecule has 1 heterocycles. The molecule has 0 amide bonds. The van der Waals surface area contributed by atoms with Crippen LogP contribution in [0.25, 0.3) is 0 Å². The number of aromatic nitrogens is 2. The second-order valence-electron chi connectivity index (χ2n) is 4.87. The Balaban J connectivity index is 2.19. The number of rotatable bonds is 5. The van der Waals surface area contributed by atoms with Crippen LogP contribution in [0, 0.1) is 0 Å². The fourth-order valence-electron chi connectivity index (χ4n) is 1.96. The summed E-state index contributed by atoms with van der Waals surface area (Å²) in [6.45, 7) is 6.01. The number of ketones is 1. The fraction of sp³-hybridized carbons (Fsp3) is 0.333. The third-order valence-corrected chi connectivity index (χ3v) is 3.23. The topological polar surface area (TPSA) is 44.1 Å². The van der Waals surface area contributed by atoms with Crippen molar-refractivity contribution in [2.45, 2.75) is 33.4 Å². The number of halogens is 1. The highest BCUT2D eigenvalue weighted by Gasteiger charge is 2.11. The van der Waals surface area contributed by atoms with E-state index in [0.717, 1.165) is 5.69 Å². The number of benzene rings is 1. The van der Waals surface area contributed by atoms with Crippen LogP contribution >= 0.6 is 11.6 Å². The van der Waals surface area contributed by atoms with Crippen molar-refractivity contribution >= 4 is 17.4 Å². The number of carbonyl (C=O) groups excluding carboxylic acids is 1. The number of Topliss-reactive ketones (excluding diaryl/α,β-unsaturated/α-hetero) is 1. The molecule has 0 bridgehead atoms. The molecule has 0 atom stereocenters. The summed E-state index contributed by atoms with van der Waals surface area (Å²) in [5.74, 6) is 0.471. The van der Waals surface area contributed by atoms with Gasteiger partial charge in [0.05, 0.1) is 23.8 Å². The summed E-state index contributed by atoms with van der Waals surface area (Å²) in [6.07, 6.45) is 3.54. The van der Waals surface area contributed by atoms with Gasteiger partial charge in [0.15, 0.2) is 5.78 Å². The SMILES string of the molecule is CC(=O)c1cc(Cl)ccc1OCc1cncn1C(C)C. The van der Waals surface area contributed by atoms with Crippen LogP contribution in [0.2, 0.25) is 5.02 Å². The molecule has 1 aromatic heterocycles. The average Bonchev–Trinajstić information content (AvgIpc) is 2.85. The number of imidazole rings is 1. The molecule has 106 valence electrons. The van der Waals surface area contributed by atoms with Crippen LogP contribution in [0.3, 0.4) is 0 Å². The molecule has 0 unspecified atom stereocenters. The Morgan fingerprint density at radius 1 is 1.45 bits per heavy atom. The van der Waals surface area contributed by atoms with Crippen molar-refractivity contribution in [2.24, 2.45) is 0 Å². The summed E-state index contributed by atoms with van der Waals surface area (Å²) < 4.78 is 7.78. The Bertz CT molecular complexity index is 620. The first-order valence-corrected chi connectivity index (χ1v) is 6.81. The van der Waals surface area contributed by atoms with Crippen LogP contribution in [-0.4, -0.2) is 15.3 Å². The molecule has 0 aliphatic heterocycles. The maximum absolute atomic E-state index is 11.6. The lowest BCUT2D eigenvalue weighted by molar-refractivity contribution is 0.101. The molecular weight excluding hydrogens is 276 g/mol. The summed E-state index contributed by atoms with van der Waals surface area (Å²) in [6, 6.07) is 5.37. The minimum absolute atomic E-state index is 0.0696. The molecule has 0 spiro atoms. The highest BCUT2D eigenvalue weighted by atomic mass is 35.5. The third-order valence-electron chi connectivity index (χ3n) is 3.00. The molecule has 4 nitrogen and oxygen atoms in total. The van der Waals surface area contributed by atoms with Gasteiger partial charge in [-0.25, -0.2) is 4.98 Å². The van der Waals surface area contributed by atoms with E-state index in [-0.39, 0.29) is 5.78 Å². The molecule has 0 aliphatic carbocycles. The molecule has 2 rings (SSSR count). The lowest BCUT2D eigenvalue weighted by atomic mass is 10.1. The normalized spacial score (nSPS) is 10.8. The smallest absolute Gasteiger partial charge is 0.163 e. The largest absolute Gasteiger partial charge is 0.487 e. The summed E-state index contributed by atoms with van der Waals surface area (Å²) in [5.41, 5.74) is 1.46. The highest BCUT2D eigenvalue weighted by Crippen LogP contribution is 2.24. The standard InChI is InChI=1S/C15H17ClN2O2/c1-10(2)18-9-17-7-13(18)8-20-15-5-4-12(16)6-14(15)11(3)19/h4-7,9-10H,8H2,1-3H3. The number of hydrogen-bond donors (Lipinski definition) is 0. The van der Waals surface area contributed by atoms with Crippen molar-refractivity contribution in [2.75, 3.05) is 0 Å². The monoisotopic (exact) mass is 292 g/mol. The third kappa shape index (κ3) is 3.20. The Hall–Kier alpha value is -1.81. The fourth-order valence-corrected chi connectivity index (χ4v) is 2.14. The van der Waals surface area contributed by atoms with Gasteiger partial charge >= 0.3 is 0 Å². The second-order valence-corrected chi connectivity index (χ2v) is 5.31. The van der Waals surface area contributed by atoms with Crippen LogP contribution in [0.15, 0.2) is 30.7 Å². The zero-order valence-electron chi connectivity index (χ0n) is 11.8. The van der Waals surface area contributed by atoms with E-state index in [1.165, 1.54) is 6.92 Å². The summed E-state index contributed by atoms with van der Waals surface area (Å²) in [4.78, 5) is 15.7. The molecule has 0 fully saturated rings. The van der Waals surface area contributed by atoms with Gasteiger partial charge in [0.2, 0.25) is 0 Å². The van der Waals surface area contributed by atoms with Gasteiger partial charge in [0.25, 0.3) is 0 Å². The predicted molar refractivity (Wildman–Crippen MR) is 78.4 cm³/mol. The van der Waals surface area contributed by atoms with Gasteiger partial charge in [0, 0.05) is 11.1 Å². The molecule has 5 heteroatoms. The van der Waals surface area contributed by atoms with Crippen molar-refractivity contribution < 1.29 is 9.53 Å². The van der Waals surface area contributed by atoms with Crippen LogP contribution in [0.5, 0.6) is 5.75 Å². The molecule has 0 radical (unpaired) electrons. The van der Waals surface area contributed by atoms with Crippen molar-refractivity contribution in [3.8, 4) is 5.75 Å². The summed E-state index contributed by atoms with van der Waals surface area (Å²) in [5, 5.41) is 0.523. The van der Waals surface area contributed by atoms with Crippen molar-refractivity contribution in [1.29, 1.82) is 0 Å². The lowest BCUT2D eigenvalue weighted by Crippen LogP contribution is -2.08. The van der Waals surface area contributed by atoms with E-state index >= 15 is 0 Å². The Labute approximate surface area is 123 Å². The van der Waals surface area contributed by atoms with Crippen LogP contribution in [-0.2, 0) is 6.61 Å². The van der Waals surface area contributed by atoms with Crippen LogP contribution < -0.4 is 4.74 Å². The molecule has 0 N–H and O–H groups in total. The second kappa shape index (κ2) is 6.09. The molecule has 20 heavy (non-hydrogen) atoms. The van der Waals surface area contributed by atoms with Gasteiger partial charge in [-0.2, -0.15) is 0 Å². The van der Waals surface area contributed by atoms with Crippen molar-refractivity contribution in [1.82, 2.24) is 9.55 Å². The molecule has 0 saturated heterocycles. The predicted octanol–water partition coefficient (Wildman–Crippen LogP) is 3.90. The van der Waals surface area contributed by atoms with E-state index in [9.17, 15) is 4.79 Å². The van der Waals surface area contributed by atoms with Gasteiger partial charge < -0.3 is 9.30 Å². The average molecular weight is 293 g/mol. The van der Waals surface area contributed by atoms with Gasteiger partial charge in [0.1, 0.15) is 12.4 Å². The van der Waals surface area contributed by atoms with Gasteiger partial charge in [-0.05, 0) is 39.0 Å². The maximum atomic E-state index is 11.6. The molecule has 0 aliphatic rings. The Morgan fingerprint density at radius 2 is 2.20 bits per heavy atom. The first-order valence-electron chi connectivity index (χ1n) is 6.43. The van der Waals surface area contributed by atoms with Gasteiger partial charge in [-0.3, -0.25) is 4.79 Å². The van der Waals surface area contributed by atoms with E-state index in [1.807, 2.05) is 4.57 Å². The molecule has 0 saturated carbocycles. The maximum Gasteiger partial charge on any atom is 0.163 e. The Kier molecular flexibility index (Phi) is 4.45. The van der Waals surface area contributed by atoms with Crippen LogP contribution in [0.1, 0.15) is 42.9 Å². The number of nitrogens with zero attached hydrogens (tertiary/aromatic N) is 2. The minimum Gasteiger partial charge on any atom is -0.487 e. The minimum atomic E-state index is -0.0696. The zero-order chi connectivity index (χ0) is 14.7. The number of ether oxygens (including phenoxy) is 1. The first-order chi connectivity index (χ1) is 9.49. The van der Waals surface area contributed by atoms with E-state index in [4.69, 9.17) is 16.3 Å². The van der Waals surface area contributed by atoms with Crippen molar-refractivity contribution in [3.05, 3.63) is 47.0 Å². The Morgan fingerprint density at radius 3 is 2.85 bits per heavy atom. The summed E-state index contributed by atoms with van der Waals surface area (Å²) >= 11 is 5.91. The zero-order valence-corrected chi connectivity index (χ0v) is 12.5. The number of hydrogen-bond acceptors (Lipinski definition) is 3. The van der Waals surface area contributed by atoms with E-state index in [0.29, 0.717) is 29.0 Å². The lowest BCUT2D eigenvalue weighted by Gasteiger charge is -2.14.